The van der Waals surface area contributed by atoms with Crippen molar-refractivity contribution in [1.82, 2.24) is 10.2 Å². The molecule has 1 fully saturated rings. The number of nitrogens with zero attached hydrogens (tertiary/aromatic N) is 2. The van der Waals surface area contributed by atoms with E-state index in [1.165, 1.54) is 24.2 Å². The van der Waals surface area contributed by atoms with Crippen molar-refractivity contribution in [2.75, 3.05) is 13.1 Å². The number of carbonyl (C=O) groups is 2. The zero-order valence-electron chi connectivity index (χ0n) is 13.1. The van der Waals surface area contributed by atoms with Gasteiger partial charge in [-0.2, -0.15) is 0 Å². The standard InChI is InChI=1S/C17H22N4O2/c18-17(20-12-6-2-1-3-7-12)19-10-11-21-15(22)13-8-4-5-9-14(13)16(21)23/h4-5,8-9,12H,1-3,6-7,10-11H2,(H3,18,19,20). The predicted octanol–water partition coefficient (Wildman–Crippen LogP) is 1.52. The number of benzene rings is 1. The van der Waals surface area contributed by atoms with Crippen molar-refractivity contribution in [2.45, 2.75) is 38.1 Å². The molecule has 1 aliphatic heterocycles. The molecule has 0 atom stereocenters. The summed E-state index contributed by atoms with van der Waals surface area (Å²) < 4.78 is 0. The number of guanidine groups is 1. The minimum Gasteiger partial charge on any atom is -0.370 e. The molecule has 0 aromatic heterocycles. The highest BCUT2D eigenvalue weighted by atomic mass is 16.2. The van der Waals surface area contributed by atoms with E-state index >= 15 is 0 Å². The normalized spacial score (nSPS) is 19.1. The number of imide groups is 1. The van der Waals surface area contributed by atoms with E-state index in [4.69, 9.17) is 5.73 Å². The summed E-state index contributed by atoms with van der Waals surface area (Å²) in [7, 11) is 0. The first-order valence-electron chi connectivity index (χ1n) is 8.18. The Bertz CT molecular complexity index is 600. The molecule has 0 unspecified atom stereocenters. The second kappa shape index (κ2) is 6.81. The number of hydrogen-bond donors (Lipinski definition) is 2. The van der Waals surface area contributed by atoms with Crippen molar-refractivity contribution >= 4 is 17.8 Å². The number of fused-ring (bicyclic) bond motifs is 1. The number of rotatable bonds is 4. The molecule has 0 spiro atoms. The first kappa shape index (κ1) is 15.5. The molecule has 0 saturated heterocycles. The molecule has 1 aromatic carbocycles. The van der Waals surface area contributed by atoms with Gasteiger partial charge in [0.05, 0.1) is 17.7 Å². The summed E-state index contributed by atoms with van der Waals surface area (Å²) in [5.41, 5.74) is 6.83. The van der Waals surface area contributed by atoms with Crippen LogP contribution < -0.4 is 11.1 Å². The van der Waals surface area contributed by atoms with Gasteiger partial charge in [-0.25, -0.2) is 0 Å². The quantitative estimate of drug-likeness (QED) is 0.501. The Morgan fingerprint density at radius 2 is 1.74 bits per heavy atom. The molecule has 0 bridgehead atoms. The van der Waals surface area contributed by atoms with Crippen LogP contribution in [0.5, 0.6) is 0 Å². The third-order valence-electron chi connectivity index (χ3n) is 4.44. The summed E-state index contributed by atoms with van der Waals surface area (Å²) >= 11 is 0. The SMILES string of the molecule is NC(=NCCN1C(=O)c2ccccc2C1=O)NC1CCCCC1. The van der Waals surface area contributed by atoms with Crippen molar-refractivity contribution in [3.05, 3.63) is 35.4 Å². The highest BCUT2D eigenvalue weighted by Crippen LogP contribution is 2.22. The van der Waals surface area contributed by atoms with Crippen LogP contribution >= 0.6 is 0 Å². The maximum atomic E-state index is 12.2. The van der Waals surface area contributed by atoms with Crippen LogP contribution in [0.2, 0.25) is 0 Å². The number of nitrogens with one attached hydrogen (secondary N) is 1. The minimum atomic E-state index is -0.250. The van der Waals surface area contributed by atoms with Gasteiger partial charge in [0.2, 0.25) is 0 Å². The van der Waals surface area contributed by atoms with Crippen LogP contribution in [0.25, 0.3) is 0 Å². The van der Waals surface area contributed by atoms with Gasteiger partial charge in [-0.1, -0.05) is 31.4 Å². The average Bonchev–Trinajstić information content (AvgIpc) is 2.81. The number of carbonyl (C=O) groups excluding carboxylic acids is 2. The van der Waals surface area contributed by atoms with Crippen molar-refractivity contribution in [3.63, 3.8) is 0 Å². The second-order valence-electron chi connectivity index (χ2n) is 6.05. The number of nitrogens with two attached hydrogens (primary N) is 1. The van der Waals surface area contributed by atoms with Crippen LogP contribution in [0.3, 0.4) is 0 Å². The molecule has 1 heterocycles. The lowest BCUT2D eigenvalue weighted by atomic mass is 9.96. The van der Waals surface area contributed by atoms with Crippen molar-refractivity contribution in [1.29, 1.82) is 0 Å². The molecule has 6 nitrogen and oxygen atoms in total. The van der Waals surface area contributed by atoms with Gasteiger partial charge >= 0.3 is 0 Å². The van der Waals surface area contributed by atoms with Crippen LogP contribution in [0.4, 0.5) is 0 Å². The van der Waals surface area contributed by atoms with Gasteiger partial charge in [-0.3, -0.25) is 19.5 Å². The zero-order valence-corrected chi connectivity index (χ0v) is 13.1. The van der Waals surface area contributed by atoms with Gasteiger partial charge in [-0.15, -0.1) is 0 Å². The predicted molar refractivity (Wildman–Crippen MR) is 88.3 cm³/mol. The molecule has 1 saturated carbocycles. The van der Waals surface area contributed by atoms with Crippen LogP contribution in [-0.4, -0.2) is 41.8 Å². The lowest BCUT2D eigenvalue weighted by Gasteiger charge is -2.23. The second-order valence-corrected chi connectivity index (χ2v) is 6.05. The molecule has 3 N–H and O–H groups in total. The first-order chi connectivity index (χ1) is 11.2. The highest BCUT2D eigenvalue weighted by Gasteiger charge is 2.34. The maximum absolute atomic E-state index is 12.2. The van der Waals surface area contributed by atoms with Crippen molar-refractivity contribution in [2.24, 2.45) is 10.7 Å². The van der Waals surface area contributed by atoms with Crippen LogP contribution in [-0.2, 0) is 0 Å². The van der Waals surface area contributed by atoms with Crippen molar-refractivity contribution < 1.29 is 9.59 Å². The van der Waals surface area contributed by atoms with E-state index in [1.54, 1.807) is 24.3 Å². The zero-order chi connectivity index (χ0) is 16.2. The summed E-state index contributed by atoms with van der Waals surface area (Å²) in [6.45, 7) is 0.566. The Balaban J connectivity index is 1.53. The molecule has 122 valence electrons. The summed E-state index contributed by atoms with van der Waals surface area (Å²) in [5, 5.41) is 3.22. The minimum absolute atomic E-state index is 0.249. The number of aliphatic imine (C=N–C) groups is 1. The molecule has 1 aliphatic carbocycles. The van der Waals surface area contributed by atoms with Gasteiger partial charge in [0.15, 0.2) is 5.96 Å². The largest absolute Gasteiger partial charge is 0.370 e. The van der Waals surface area contributed by atoms with Crippen LogP contribution in [0.15, 0.2) is 29.3 Å². The Morgan fingerprint density at radius 3 is 2.35 bits per heavy atom. The Kier molecular flexibility index (Phi) is 4.60. The molecule has 3 rings (SSSR count). The van der Waals surface area contributed by atoms with E-state index in [2.05, 4.69) is 10.3 Å². The maximum Gasteiger partial charge on any atom is 0.261 e. The smallest absolute Gasteiger partial charge is 0.261 e. The fraction of sp³-hybridized carbons (Fsp3) is 0.471. The lowest BCUT2D eigenvalue weighted by molar-refractivity contribution is 0.0659. The third-order valence-corrected chi connectivity index (χ3v) is 4.44. The van der Waals surface area contributed by atoms with Crippen LogP contribution in [0, 0.1) is 0 Å². The monoisotopic (exact) mass is 314 g/mol. The van der Waals surface area contributed by atoms with Gasteiger partial charge in [0.1, 0.15) is 0 Å². The molecule has 23 heavy (non-hydrogen) atoms. The van der Waals surface area contributed by atoms with E-state index in [0.717, 1.165) is 12.8 Å². The van der Waals surface area contributed by atoms with E-state index in [-0.39, 0.29) is 18.4 Å². The Labute approximate surface area is 135 Å². The molecular formula is C17H22N4O2. The average molecular weight is 314 g/mol. The van der Waals surface area contributed by atoms with E-state index in [1.807, 2.05) is 0 Å². The van der Waals surface area contributed by atoms with Crippen LogP contribution in [0.1, 0.15) is 52.8 Å². The Morgan fingerprint density at radius 1 is 1.13 bits per heavy atom. The summed E-state index contributed by atoms with van der Waals surface area (Å²) in [6, 6.07) is 7.28. The van der Waals surface area contributed by atoms with Crippen molar-refractivity contribution in [3.8, 4) is 0 Å². The number of hydrogen-bond acceptors (Lipinski definition) is 3. The molecule has 6 heteroatoms. The fourth-order valence-corrected chi connectivity index (χ4v) is 3.21. The summed E-state index contributed by atoms with van der Waals surface area (Å²) in [5.74, 6) is -0.104. The molecule has 2 amide bonds. The molecule has 1 aromatic rings. The van der Waals surface area contributed by atoms with E-state index in [9.17, 15) is 9.59 Å². The molecular weight excluding hydrogens is 292 g/mol. The molecule has 2 aliphatic rings. The summed E-state index contributed by atoms with van der Waals surface area (Å²) in [4.78, 5) is 29.9. The number of amides is 2. The molecule has 0 radical (unpaired) electrons. The van der Waals surface area contributed by atoms with Gasteiger partial charge in [-0.05, 0) is 25.0 Å². The van der Waals surface area contributed by atoms with Gasteiger partial charge in [0.25, 0.3) is 11.8 Å². The Hall–Kier alpha value is -2.37. The fourth-order valence-electron chi connectivity index (χ4n) is 3.21. The topological polar surface area (TPSA) is 87.8 Å². The van der Waals surface area contributed by atoms with E-state index < -0.39 is 0 Å². The lowest BCUT2D eigenvalue weighted by Crippen LogP contribution is -2.41. The van der Waals surface area contributed by atoms with Gasteiger partial charge in [0, 0.05) is 12.6 Å². The van der Waals surface area contributed by atoms with E-state index in [0.29, 0.717) is 29.7 Å². The highest BCUT2D eigenvalue weighted by molar-refractivity contribution is 6.21. The first-order valence-corrected chi connectivity index (χ1v) is 8.18. The van der Waals surface area contributed by atoms with Gasteiger partial charge < -0.3 is 11.1 Å². The summed E-state index contributed by atoms with van der Waals surface area (Å²) in [6.07, 6.45) is 5.97. The third kappa shape index (κ3) is 3.36.